The third-order valence-corrected chi connectivity index (χ3v) is 6.90. The van der Waals surface area contributed by atoms with Gasteiger partial charge in [-0.2, -0.15) is 0 Å². The molecule has 2 aromatic rings. The smallest absolute Gasteiger partial charge is 0.251 e. The van der Waals surface area contributed by atoms with Gasteiger partial charge in [-0.3, -0.25) is 14.5 Å². The predicted molar refractivity (Wildman–Crippen MR) is 120 cm³/mol. The number of hydrogen-bond donors (Lipinski definition) is 2. The van der Waals surface area contributed by atoms with Gasteiger partial charge in [0.1, 0.15) is 5.00 Å². The number of nitrogens with two attached hydrogens (primary N) is 1. The number of halogens is 2. The van der Waals surface area contributed by atoms with Crippen LogP contribution in [0.25, 0.3) is 0 Å². The minimum absolute atomic E-state index is 0. The summed E-state index contributed by atoms with van der Waals surface area (Å²) in [4.78, 5) is 28.8. The highest BCUT2D eigenvalue weighted by molar-refractivity contribution is 8.00. The summed E-state index contributed by atoms with van der Waals surface area (Å²) < 4.78 is 0. The number of carbonyl (C=O) groups excluding carboxylic acids is 2. The van der Waals surface area contributed by atoms with Crippen LogP contribution in [0.2, 0.25) is 5.02 Å². The maximum absolute atomic E-state index is 12.4. The van der Waals surface area contributed by atoms with Crippen molar-refractivity contribution in [3.63, 3.8) is 0 Å². The molecule has 2 heterocycles. The van der Waals surface area contributed by atoms with Crippen molar-refractivity contribution < 1.29 is 9.59 Å². The Bertz CT molecular complexity index is 854. The molecule has 0 saturated heterocycles. The Balaban J connectivity index is 0.00000280. The molecule has 0 bridgehead atoms. The predicted octanol–water partition coefficient (Wildman–Crippen LogP) is 4.42. The second kappa shape index (κ2) is 9.98. The van der Waals surface area contributed by atoms with E-state index in [0.717, 1.165) is 34.8 Å². The number of nitrogens with one attached hydrogen (secondary N) is 1. The van der Waals surface area contributed by atoms with Gasteiger partial charge < -0.3 is 11.1 Å². The average Bonchev–Trinajstić information content (AvgIpc) is 2.98. The fourth-order valence-corrected chi connectivity index (χ4v) is 5.17. The number of carbonyl (C=O) groups is 2. The fraction of sp³-hybridized carbons (Fsp3) is 0.368. The van der Waals surface area contributed by atoms with Crippen LogP contribution >= 0.6 is 47.1 Å². The summed E-state index contributed by atoms with van der Waals surface area (Å²) in [7, 11) is 0. The standard InChI is InChI=1S/C19H22ClN3O2S2.ClH/c1-11(2)23-8-7-14-15(9-23)27-19(17(14)18(21)25)22-16(24)10-26-13-5-3-12(20)4-6-13;/h3-6,11H,7-10H2,1-2H3,(H2,21,25)(H,22,24);1H. The van der Waals surface area contributed by atoms with Crippen LogP contribution in [0.15, 0.2) is 29.2 Å². The van der Waals surface area contributed by atoms with E-state index in [-0.39, 0.29) is 24.1 Å². The molecule has 3 N–H and O–H groups in total. The van der Waals surface area contributed by atoms with E-state index in [9.17, 15) is 9.59 Å². The largest absolute Gasteiger partial charge is 0.365 e. The third-order valence-electron chi connectivity index (χ3n) is 4.50. The Morgan fingerprint density at radius 1 is 1.32 bits per heavy atom. The molecular formula is C19H23Cl2N3O2S2. The summed E-state index contributed by atoms with van der Waals surface area (Å²) in [6.45, 7) is 5.99. The number of primary amides is 1. The first kappa shape index (κ1) is 23.0. The lowest BCUT2D eigenvalue weighted by Gasteiger charge is -2.30. The minimum Gasteiger partial charge on any atom is -0.365 e. The van der Waals surface area contributed by atoms with Gasteiger partial charge in [0.25, 0.3) is 5.91 Å². The van der Waals surface area contributed by atoms with Crippen LogP contribution in [-0.2, 0) is 17.8 Å². The fourth-order valence-electron chi connectivity index (χ4n) is 3.06. The van der Waals surface area contributed by atoms with Crippen LogP contribution in [-0.4, -0.2) is 35.1 Å². The van der Waals surface area contributed by atoms with Crippen molar-refractivity contribution in [1.82, 2.24) is 4.90 Å². The highest BCUT2D eigenvalue weighted by atomic mass is 35.5. The van der Waals surface area contributed by atoms with E-state index in [1.165, 1.54) is 23.1 Å². The van der Waals surface area contributed by atoms with E-state index in [0.29, 0.717) is 21.6 Å². The number of rotatable bonds is 6. The Hall–Kier alpha value is -1.25. The van der Waals surface area contributed by atoms with Crippen LogP contribution in [0.1, 0.15) is 34.6 Å². The second-order valence-electron chi connectivity index (χ2n) is 6.68. The monoisotopic (exact) mass is 459 g/mol. The van der Waals surface area contributed by atoms with Crippen LogP contribution in [0.3, 0.4) is 0 Å². The molecule has 3 rings (SSSR count). The molecule has 0 radical (unpaired) electrons. The SMILES string of the molecule is CC(C)N1CCc2c(sc(NC(=O)CSc3ccc(Cl)cc3)c2C(N)=O)C1.Cl. The van der Waals surface area contributed by atoms with Gasteiger partial charge in [0.05, 0.1) is 11.3 Å². The number of fused-ring (bicyclic) bond motifs is 1. The van der Waals surface area contributed by atoms with E-state index < -0.39 is 5.91 Å². The summed E-state index contributed by atoms with van der Waals surface area (Å²) in [5.41, 5.74) is 7.08. The van der Waals surface area contributed by atoms with Gasteiger partial charge in [0.2, 0.25) is 5.91 Å². The molecule has 9 heteroatoms. The Morgan fingerprint density at radius 3 is 2.61 bits per heavy atom. The van der Waals surface area contributed by atoms with E-state index in [2.05, 4.69) is 24.1 Å². The summed E-state index contributed by atoms with van der Waals surface area (Å²) >= 11 is 8.76. The van der Waals surface area contributed by atoms with Crippen LogP contribution in [0, 0.1) is 0 Å². The molecule has 0 spiro atoms. The Kier molecular flexibility index (Phi) is 8.21. The maximum Gasteiger partial charge on any atom is 0.251 e. The van der Waals surface area contributed by atoms with Crippen LogP contribution in [0.5, 0.6) is 0 Å². The lowest BCUT2D eigenvalue weighted by molar-refractivity contribution is -0.113. The molecular weight excluding hydrogens is 437 g/mol. The average molecular weight is 460 g/mol. The topological polar surface area (TPSA) is 75.4 Å². The van der Waals surface area contributed by atoms with Gasteiger partial charge in [0.15, 0.2) is 0 Å². The van der Waals surface area contributed by atoms with Crippen molar-refractivity contribution in [3.05, 3.63) is 45.3 Å². The molecule has 28 heavy (non-hydrogen) atoms. The van der Waals surface area contributed by atoms with E-state index >= 15 is 0 Å². The first-order valence-corrected chi connectivity index (χ1v) is 10.9. The molecule has 1 aliphatic rings. The van der Waals surface area contributed by atoms with Gasteiger partial charge >= 0.3 is 0 Å². The van der Waals surface area contributed by atoms with Gasteiger partial charge in [-0.1, -0.05) is 11.6 Å². The Labute approximate surface area is 184 Å². The lowest BCUT2D eigenvalue weighted by Crippen LogP contribution is -2.35. The zero-order valence-electron chi connectivity index (χ0n) is 15.7. The van der Waals surface area contributed by atoms with Crippen molar-refractivity contribution >= 4 is 63.9 Å². The van der Waals surface area contributed by atoms with Gasteiger partial charge in [-0.25, -0.2) is 0 Å². The number of amides is 2. The Morgan fingerprint density at radius 2 is 2.00 bits per heavy atom. The molecule has 2 amide bonds. The highest BCUT2D eigenvalue weighted by Crippen LogP contribution is 2.37. The van der Waals surface area contributed by atoms with Crippen LogP contribution < -0.4 is 11.1 Å². The molecule has 1 aromatic heterocycles. The number of benzene rings is 1. The van der Waals surface area contributed by atoms with Crippen molar-refractivity contribution in [2.24, 2.45) is 5.73 Å². The number of anilines is 1. The minimum atomic E-state index is -0.480. The molecule has 0 fully saturated rings. The van der Waals surface area contributed by atoms with Gasteiger partial charge in [0, 0.05) is 33.9 Å². The highest BCUT2D eigenvalue weighted by Gasteiger charge is 2.28. The normalized spacial score (nSPS) is 13.7. The molecule has 0 atom stereocenters. The third kappa shape index (κ3) is 5.42. The van der Waals surface area contributed by atoms with Gasteiger partial charge in [-0.15, -0.1) is 35.5 Å². The summed E-state index contributed by atoms with van der Waals surface area (Å²) in [6.07, 6.45) is 0.775. The first-order chi connectivity index (χ1) is 12.8. The van der Waals surface area contributed by atoms with Crippen molar-refractivity contribution in [2.45, 2.75) is 37.8 Å². The summed E-state index contributed by atoms with van der Waals surface area (Å²) in [5.74, 6) is -0.386. The number of hydrogen-bond acceptors (Lipinski definition) is 5. The van der Waals surface area contributed by atoms with Crippen molar-refractivity contribution in [1.29, 1.82) is 0 Å². The lowest BCUT2D eigenvalue weighted by atomic mass is 10.0. The van der Waals surface area contributed by atoms with Crippen molar-refractivity contribution in [2.75, 3.05) is 17.6 Å². The van der Waals surface area contributed by atoms with Gasteiger partial charge in [-0.05, 0) is 50.1 Å². The first-order valence-electron chi connectivity index (χ1n) is 8.71. The second-order valence-corrected chi connectivity index (χ2v) is 9.27. The molecule has 5 nitrogen and oxygen atoms in total. The zero-order chi connectivity index (χ0) is 19.6. The molecule has 0 unspecified atom stereocenters. The molecule has 0 saturated carbocycles. The molecule has 1 aliphatic heterocycles. The number of thiophene rings is 1. The number of thioether (sulfide) groups is 1. The summed E-state index contributed by atoms with van der Waals surface area (Å²) in [6, 6.07) is 7.77. The van der Waals surface area contributed by atoms with Crippen LogP contribution in [0.4, 0.5) is 5.00 Å². The quantitative estimate of drug-likeness (QED) is 0.626. The summed E-state index contributed by atoms with van der Waals surface area (Å²) in [5, 5.41) is 4.12. The van der Waals surface area contributed by atoms with E-state index in [4.69, 9.17) is 17.3 Å². The number of nitrogens with zero attached hydrogens (tertiary/aromatic N) is 1. The van der Waals surface area contributed by atoms with E-state index in [1.807, 2.05) is 12.1 Å². The molecule has 1 aromatic carbocycles. The maximum atomic E-state index is 12.4. The molecule has 152 valence electrons. The zero-order valence-corrected chi connectivity index (χ0v) is 18.9. The van der Waals surface area contributed by atoms with Crippen molar-refractivity contribution in [3.8, 4) is 0 Å². The van der Waals surface area contributed by atoms with E-state index in [1.54, 1.807) is 12.1 Å². The molecule has 0 aliphatic carbocycles.